The van der Waals surface area contributed by atoms with Gasteiger partial charge in [0.05, 0.1) is 33.7 Å². The Hall–Kier alpha value is -2.25. The highest BCUT2D eigenvalue weighted by molar-refractivity contribution is 7.90. The molecule has 0 fully saturated rings. The second-order valence-electron chi connectivity index (χ2n) is 5.24. The Morgan fingerprint density at radius 1 is 1.29 bits per heavy atom. The van der Waals surface area contributed by atoms with E-state index < -0.39 is 16.9 Å². The Morgan fingerprint density at radius 3 is 2.79 bits per heavy atom. The molecule has 0 bridgehead atoms. The molecule has 3 aromatic rings. The minimum Gasteiger partial charge on any atom is -0.609 e. The Kier molecular flexibility index (Phi) is 3.94. The number of imidazole rings is 1. The van der Waals surface area contributed by atoms with E-state index >= 15 is 0 Å². The maximum Gasteiger partial charge on any atom is 0.322 e. The van der Waals surface area contributed by atoms with Gasteiger partial charge in [-0.05, 0) is 26.0 Å². The molecule has 126 valence electrons. The van der Waals surface area contributed by atoms with Crippen LogP contribution in [0.2, 0.25) is 0 Å². The average molecular weight is 347 g/mol. The van der Waals surface area contributed by atoms with Crippen LogP contribution in [-0.4, -0.2) is 33.7 Å². The van der Waals surface area contributed by atoms with E-state index in [0.29, 0.717) is 28.1 Å². The van der Waals surface area contributed by atoms with Crippen molar-refractivity contribution in [1.29, 1.82) is 0 Å². The summed E-state index contributed by atoms with van der Waals surface area (Å²) in [5.74, 6) is 1.15. The van der Waals surface area contributed by atoms with Crippen LogP contribution in [0, 0.1) is 13.8 Å². The van der Waals surface area contributed by atoms with Gasteiger partial charge in [0.25, 0.3) is 0 Å². The van der Waals surface area contributed by atoms with E-state index in [1.165, 1.54) is 13.3 Å². The van der Waals surface area contributed by atoms with Gasteiger partial charge >= 0.3 is 5.16 Å². The molecule has 0 aliphatic rings. The quantitative estimate of drug-likeness (QED) is 0.718. The van der Waals surface area contributed by atoms with Gasteiger partial charge in [0, 0.05) is 34.6 Å². The van der Waals surface area contributed by atoms with Crippen molar-refractivity contribution >= 4 is 22.2 Å². The minimum absolute atomic E-state index is 0.0407. The molecule has 0 spiro atoms. The molecule has 1 N–H and O–H groups in total. The summed E-state index contributed by atoms with van der Waals surface area (Å²) in [5, 5.41) is 0.0407. The third-order valence-corrected chi connectivity index (χ3v) is 4.60. The summed E-state index contributed by atoms with van der Waals surface area (Å²) in [4.78, 5) is 11.4. The molecule has 0 aliphatic carbocycles. The zero-order chi connectivity index (χ0) is 19.1. The molecule has 0 aliphatic heterocycles. The van der Waals surface area contributed by atoms with Gasteiger partial charge in [-0.3, -0.25) is 9.97 Å². The summed E-state index contributed by atoms with van der Waals surface area (Å²) in [7, 11) is 3.06. The molecular weight excluding hydrogens is 326 g/mol. The Morgan fingerprint density at radius 2 is 2.08 bits per heavy atom. The van der Waals surface area contributed by atoms with Gasteiger partial charge in [0.15, 0.2) is 5.70 Å². The Bertz CT molecular complexity index is 962. The topological polar surface area (TPSA) is 83.1 Å². The molecule has 1 unspecified atom stereocenters. The van der Waals surface area contributed by atoms with Crippen LogP contribution in [0.3, 0.4) is 0 Å². The number of hydrogen-bond acceptors (Lipinski definition) is 5. The van der Waals surface area contributed by atoms with Gasteiger partial charge in [-0.2, -0.15) is 4.98 Å². The van der Waals surface area contributed by atoms with Crippen molar-refractivity contribution in [1.82, 2.24) is 15.0 Å². The van der Waals surface area contributed by atoms with Crippen molar-refractivity contribution in [3.05, 3.63) is 41.2 Å². The van der Waals surface area contributed by atoms with Crippen LogP contribution in [0.4, 0.5) is 0 Å². The van der Waals surface area contributed by atoms with Crippen molar-refractivity contribution in [3.8, 4) is 11.5 Å². The Labute approximate surface area is 146 Å². The van der Waals surface area contributed by atoms with Crippen molar-refractivity contribution < 1.29 is 16.8 Å². The first kappa shape index (κ1) is 14.1. The van der Waals surface area contributed by atoms with E-state index in [1.54, 1.807) is 32.2 Å². The summed E-state index contributed by atoms with van der Waals surface area (Å²) in [6, 6.07) is 5.19. The van der Waals surface area contributed by atoms with Crippen LogP contribution < -0.4 is 9.47 Å². The molecule has 6 nitrogen and oxygen atoms in total. The van der Waals surface area contributed by atoms with Crippen molar-refractivity contribution in [3.63, 3.8) is 0 Å². The molecule has 0 saturated carbocycles. The maximum absolute atomic E-state index is 13.0. The fourth-order valence-corrected chi connectivity index (χ4v) is 3.31. The summed E-state index contributed by atoms with van der Waals surface area (Å²) in [6.45, 7) is 3.52. The largest absolute Gasteiger partial charge is 0.609 e. The highest BCUT2D eigenvalue weighted by atomic mass is 32.2. The van der Waals surface area contributed by atoms with E-state index in [4.69, 9.17) is 12.2 Å². The number of aryl methyl sites for hydroxylation is 1. The number of fused-ring (bicyclic) bond motifs is 1. The third-order valence-electron chi connectivity index (χ3n) is 3.68. The fourth-order valence-electron chi connectivity index (χ4n) is 2.45. The number of ether oxygens (including phenoxy) is 2. The van der Waals surface area contributed by atoms with Crippen LogP contribution in [0.25, 0.3) is 11.0 Å². The zero-order valence-electron chi connectivity index (χ0n) is 15.8. The highest BCUT2D eigenvalue weighted by Gasteiger charge is 2.21. The zero-order valence-corrected chi connectivity index (χ0v) is 14.7. The first-order valence-corrected chi connectivity index (χ1v) is 8.41. The van der Waals surface area contributed by atoms with E-state index in [2.05, 4.69) is 15.0 Å². The smallest absolute Gasteiger partial charge is 0.322 e. The molecule has 1 atom stereocenters. The normalized spacial score (nSPS) is 14.2. The number of rotatable bonds is 5. The number of aromatic amines is 1. The molecule has 1 aromatic carbocycles. The molecule has 2 aromatic heterocycles. The van der Waals surface area contributed by atoms with Gasteiger partial charge in [-0.15, -0.1) is 0 Å². The van der Waals surface area contributed by atoms with Gasteiger partial charge in [-0.1, -0.05) is 0 Å². The van der Waals surface area contributed by atoms with Crippen LogP contribution in [0.1, 0.15) is 19.6 Å². The lowest BCUT2D eigenvalue weighted by molar-refractivity contribution is 0.407. The minimum atomic E-state index is -2.25. The Balaban J connectivity index is 2.04. The monoisotopic (exact) mass is 347 g/mol. The van der Waals surface area contributed by atoms with E-state index in [1.807, 2.05) is 6.92 Å². The second-order valence-corrected chi connectivity index (χ2v) is 6.37. The predicted octanol–water partition coefficient (Wildman–Crippen LogP) is 2.90. The molecular formula is C17H19N3O3S. The summed E-state index contributed by atoms with van der Waals surface area (Å²) in [6.07, 6.45) is 1.51. The lowest BCUT2D eigenvalue weighted by Gasteiger charge is -2.13. The molecule has 24 heavy (non-hydrogen) atoms. The van der Waals surface area contributed by atoms with Gasteiger partial charge in [-0.25, -0.2) is 0 Å². The number of methoxy groups -OCH3 is 2. The molecule has 0 saturated heterocycles. The molecule has 2 heterocycles. The first-order valence-electron chi connectivity index (χ1n) is 8.26. The van der Waals surface area contributed by atoms with Gasteiger partial charge in [0.2, 0.25) is 0 Å². The highest BCUT2D eigenvalue weighted by Crippen LogP contribution is 2.27. The number of H-pyrrole nitrogens is 1. The third kappa shape index (κ3) is 3.05. The van der Waals surface area contributed by atoms with Crippen LogP contribution in [0.15, 0.2) is 29.6 Å². The van der Waals surface area contributed by atoms with Gasteiger partial charge in [0.1, 0.15) is 11.5 Å². The predicted molar refractivity (Wildman–Crippen MR) is 93.0 cm³/mol. The molecule has 0 radical (unpaired) electrons. The lowest BCUT2D eigenvalue weighted by Crippen LogP contribution is -2.10. The SMILES string of the molecule is [2H]C([2H])(c1ncc(C)c(OC)c1C)[S+]([O-])c1nc2cc(OC)ccc2[nH]1. The van der Waals surface area contributed by atoms with Crippen LogP contribution in [-0.2, 0) is 16.9 Å². The molecule has 3 rings (SSSR count). The molecule has 7 heteroatoms. The number of benzene rings is 1. The fraction of sp³-hybridized carbons (Fsp3) is 0.294. The van der Waals surface area contributed by atoms with Crippen molar-refractivity contribution in [2.45, 2.75) is 24.7 Å². The first-order chi connectivity index (χ1) is 12.3. The number of nitrogens with one attached hydrogen (secondary N) is 1. The van der Waals surface area contributed by atoms with Crippen molar-refractivity contribution in [2.75, 3.05) is 14.2 Å². The maximum atomic E-state index is 13.0. The lowest BCUT2D eigenvalue weighted by atomic mass is 10.1. The van der Waals surface area contributed by atoms with Gasteiger partial charge < -0.3 is 14.0 Å². The second kappa shape index (κ2) is 6.70. The van der Waals surface area contributed by atoms with E-state index in [9.17, 15) is 4.55 Å². The van der Waals surface area contributed by atoms with Crippen molar-refractivity contribution in [2.24, 2.45) is 0 Å². The van der Waals surface area contributed by atoms with Crippen LogP contribution in [0.5, 0.6) is 11.5 Å². The standard InChI is InChI=1S/C17H19N3O3S/c1-10-8-18-15(11(2)16(10)23-4)9-24(21)17-19-13-6-5-12(22-3)7-14(13)20-17/h5-8H,9H2,1-4H3,(H,19,20)/i9D2. The average Bonchev–Trinajstić information content (AvgIpc) is 3.04. The van der Waals surface area contributed by atoms with E-state index in [-0.39, 0.29) is 10.9 Å². The summed E-state index contributed by atoms with van der Waals surface area (Å²) < 4.78 is 40.3. The summed E-state index contributed by atoms with van der Waals surface area (Å²) >= 11 is -2.11. The number of pyridine rings is 1. The van der Waals surface area contributed by atoms with E-state index in [0.717, 1.165) is 5.56 Å². The number of hydrogen-bond donors (Lipinski definition) is 1. The molecule has 0 amide bonds. The summed E-state index contributed by atoms with van der Waals surface area (Å²) in [5.41, 5.74) is 0.320. The number of aromatic nitrogens is 3. The number of nitrogens with zero attached hydrogens (tertiary/aromatic N) is 2. The van der Waals surface area contributed by atoms with Crippen LogP contribution >= 0.6 is 0 Å².